The van der Waals surface area contributed by atoms with Crippen LogP contribution in [0.2, 0.25) is 0 Å². The predicted molar refractivity (Wildman–Crippen MR) is 38.4 cm³/mol. The van der Waals surface area contributed by atoms with Crippen molar-refractivity contribution in [3.63, 3.8) is 0 Å². The standard InChI is InChI=1S/C7H12O3/c1-3-5(8)7(10)6(9)4-2/h3-10H,1-2H2/t5-,6-/m1/s1. The average molecular weight is 144 g/mol. The molecule has 0 aromatic heterocycles. The number of aliphatic hydroxyl groups excluding tert-OH is 3. The van der Waals surface area contributed by atoms with Gasteiger partial charge in [0.25, 0.3) is 0 Å². The maximum atomic E-state index is 8.94. The molecule has 0 aliphatic heterocycles. The van der Waals surface area contributed by atoms with E-state index in [4.69, 9.17) is 15.3 Å². The maximum Gasteiger partial charge on any atom is 0.113 e. The quantitative estimate of drug-likeness (QED) is 0.463. The maximum absolute atomic E-state index is 8.94. The fourth-order valence-corrected chi connectivity index (χ4v) is 0.481. The zero-order valence-corrected chi connectivity index (χ0v) is 5.64. The van der Waals surface area contributed by atoms with E-state index in [1.807, 2.05) is 0 Å². The summed E-state index contributed by atoms with van der Waals surface area (Å²) in [5.74, 6) is 0. The second-order valence-corrected chi connectivity index (χ2v) is 1.94. The van der Waals surface area contributed by atoms with Crippen LogP contribution in [0.1, 0.15) is 0 Å². The summed E-state index contributed by atoms with van der Waals surface area (Å²) in [6, 6.07) is 0. The van der Waals surface area contributed by atoms with E-state index in [2.05, 4.69) is 13.2 Å². The SMILES string of the molecule is C=C[C@@H](O)C(O)[C@H](O)C=C. The third-order valence-corrected chi connectivity index (χ3v) is 1.18. The van der Waals surface area contributed by atoms with Crippen LogP contribution in [0.25, 0.3) is 0 Å². The molecule has 3 nitrogen and oxygen atoms in total. The highest BCUT2D eigenvalue weighted by Crippen LogP contribution is 2.00. The smallest absolute Gasteiger partial charge is 0.113 e. The molecule has 3 N–H and O–H groups in total. The van der Waals surface area contributed by atoms with Crippen LogP contribution >= 0.6 is 0 Å². The second kappa shape index (κ2) is 4.22. The lowest BCUT2D eigenvalue weighted by molar-refractivity contribution is -0.0207. The first-order chi connectivity index (χ1) is 4.63. The minimum absolute atomic E-state index is 1.10. The minimum Gasteiger partial charge on any atom is -0.387 e. The van der Waals surface area contributed by atoms with Gasteiger partial charge in [-0.25, -0.2) is 0 Å². The van der Waals surface area contributed by atoms with Crippen molar-refractivity contribution < 1.29 is 15.3 Å². The van der Waals surface area contributed by atoms with Crippen LogP contribution in [0.5, 0.6) is 0 Å². The van der Waals surface area contributed by atoms with Crippen LogP contribution in [0.3, 0.4) is 0 Å². The summed E-state index contributed by atoms with van der Waals surface area (Å²) < 4.78 is 0. The second-order valence-electron chi connectivity index (χ2n) is 1.94. The molecule has 0 aliphatic carbocycles. The Morgan fingerprint density at radius 2 is 1.20 bits per heavy atom. The third kappa shape index (κ3) is 2.31. The molecule has 0 rings (SSSR count). The molecule has 0 bridgehead atoms. The van der Waals surface area contributed by atoms with Gasteiger partial charge in [-0.1, -0.05) is 12.2 Å². The van der Waals surface area contributed by atoms with E-state index in [1.54, 1.807) is 0 Å². The zero-order valence-electron chi connectivity index (χ0n) is 5.64. The van der Waals surface area contributed by atoms with Crippen molar-refractivity contribution in [2.45, 2.75) is 18.3 Å². The fraction of sp³-hybridized carbons (Fsp3) is 0.429. The topological polar surface area (TPSA) is 60.7 Å². The van der Waals surface area contributed by atoms with Crippen LogP contribution in [-0.4, -0.2) is 33.6 Å². The van der Waals surface area contributed by atoms with E-state index in [1.165, 1.54) is 0 Å². The molecule has 10 heavy (non-hydrogen) atoms. The van der Waals surface area contributed by atoms with Gasteiger partial charge >= 0.3 is 0 Å². The third-order valence-electron chi connectivity index (χ3n) is 1.18. The van der Waals surface area contributed by atoms with E-state index < -0.39 is 18.3 Å². The normalized spacial score (nSPS) is 16.4. The average Bonchev–Trinajstić information content (AvgIpc) is 2.00. The Morgan fingerprint density at radius 3 is 1.40 bits per heavy atom. The molecule has 58 valence electrons. The molecule has 0 saturated carbocycles. The number of aliphatic hydroxyl groups is 3. The Bertz CT molecular complexity index is 108. The highest BCUT2D eigenvalue weighted by Gasteiger charge is 2.18. The summed E-state index contributed by atoms with van der Waals surface area (Å²) in [4.78, 5) is 0. The van der Waals surface area contributed by atoms with Gasteiger partial charge in [0.1, 0.15) is 18.3 Å². The van der Waals surface area contributed by atoms with Crippen molar-refractivity contribution in [1.82, 2.24) is 0 Å². The molecule has 0 fully saturated rings. The van der Waals surface area contributed by atoms with Gasteiger partial charge in [-0.05, 0) is 0 Å². The van der Waals surface area contributed by atoms with Crippen LogP contribution in [0.15, 0.2) is 25.3 Å². The Labute approximate surface area is 59.9 Å². The van der Waals surface area contributed by atoms with Gasteiger partial charge < -0.3 is 15.3 Å². The Morgan fingerprint density at radius 1 is 0.900 bits per heavy atom. The summed E-state index contributed by atoms with van der Waals surface area (Å²) in [6.45, 7) is 6.49. The predicted octanol–water partition coefficient (Wildman–Crippen LogP) is -0.559. The summed E-state index contributed by atoms with van der Waals surface area (Å²) in [7, 11) is 0. The van der Waals surface area contributed by atoms with Gasteiger partial charge in [0.15, 0.2) is 0 Å². The minimum atomic E-state index is -1.23. The van der Waals surface area contributed by atoms with E-state index in [-0.39, 0.29) is 0 Å². The molecule has 0 amide bonds. The van der Waals surface area contributed by atoms with Gasteiger partial charge in [-0.2, -0.15) is 0 Å². The van der Waals surface area contributed by atoms with E-state index >= 15 is 0 Å². The van der Waals surface area contributed by atoms with Crippen molar-refractivity contribution in [3.8, 4) is 0 Å². The summed E-state index contributed by atoms with van der Waals surface area (Å²) in [6.07, 6.45) is -1.13. The van der Waals surface area contributed by atoms with Gasteiger partial charge in [-0.3, -0.25) is 0 Å². The molecular formula is C7H12O3. The van der Waals surface area contributed by atoms with Crippen molar-refractivity contribution in [1.29, 1.82) is 0 Å². The van der Waals surface area contributed by atoms with Crippen LogP contribution in [-0.2, 0) is 0 Å². The summed E-state index contributed by atoms with van der Waals surface area (Å²) in [5.41, 5.74) is 0. The lowest BCUT2D eigenvalue weighted by Gasteiger charge is -2.16. The molecule has 0 saturated heterocycles. The van der Waals surface area contributed by atoms with Gasteiger partial charge in [0.05, 0.1) is 0 Å². The van der Waals surface area contributed by atoms with Crippen molar-refractivity contribution in [3.05, 3.63) is 25.3 Å². The molecule has 0 aromatic carbocycles. The molecule has 2 atom stereocenters. The number of hydrogen-bond acceptors (Lipinski definition) is 3. The lowest BCUT2D eigenvalue weighted by Crippen LogP contribution is -2.34. The first kappa shape index (κ1) is 9.36. The highest BCUT2D eigenvalue weighted by molar-refractivity contribution is 4.94. The van der Waals surface area contributed by atoms with Crippen molar-refractivity contribution in [2.24, 2.45) is 0 Å². The molecule has 0 spiro atoms. The van der Waals surface area contributed by atoms with E-state index in [9.17, 15) is 0 Å². The monoisotopic (exact) mass is 144 g/mol. The first-order valence-electron chi connectivity index (χ1n) is 2.92. The molecule has 0 radical (unpaired) electrons. The van der Waals surface area contributed by atoms with E-state index in [0.717, 1.165) is 12.2 Å². The largest absolute Gasteiger partial charge is 0.387 e. The molecule has 0 aromatic rings. The Kier molecular flexibility index (Phi) is 3.95. The number of rotatable bonds is 4. The first-order valence-corrected chi connectivity index (χ1v) is 2.92. The summed E-state index contributed by atoms with van der Waals surface area (Å²) >= 11 is 0. The van der Waals surface area contributed by atoms with Gasteiger partial charge in [0.2, 0.25) is 0 Å². The molecule has 0 aliphatic rings. The fourth-order valence-electron chi connectivity index (χ4n) is 0.481. The van der Waals surface area contributed by atoms with Gasteiger partial charge in [-0.15, -0.1) is 13.2 Å². The molecular weight excluding hydrogens is 132 g/mol. The van der Waals surface area contributed by atoms with E-state index in [0.29, 0.717) is 0 Å². The van der Waals surface area contributed by atoms with Crippen LogP contribution < -0.4 is 0 Å². The highest BCUT2D eigenvalue weighted by atomic mass is 16.4. The summed E-state index contributed by atoms with van der Waals surface area (Å²) in [5, 5.41) is 26.6. The molecule has 0 unspecified atom stereocenters. The van der Waals surface area contributed by atoms with Crippen molar-refractivity contribution in [2.75, 3.05) is 0 Å². The Balaban J connectivity index is 3.91. The lowest BCUT2D eigenvalue weighted by atomic mass is 10.1. The number of hydrogen-bond donors (Lipinski definition) is 3. The van der Waals surface area contributed by atoms with Crippen molar-refractivity contribution >= 4 is 0 Å². The Hall–Kier alpha value is -0.640. The molecule has 3 heteroatoms. The molecule has 0 heterocycles. The van der Waals surface area contributed by atoms with Crippen LogP contribution in [0.4, 0.5) is 0 Å². The zero-order chi connectivity index (χ0) is 8.15. The van der Waals surface area contributed by atoms with Gasteiger partial charge in [0, 0.05) is 0 Å². The van der Waals surface area contributed by atoms with Crippen LogP contribution in [0, 0.1) is 0 Å².